The molecule has 0 unspecified atom stereocenters. The number of anilines is 1. The van der Waals surface area contributed by atoms with Gasteiger partial charge in [-0.05, 0) is 74.5 Å². The lowest BCUT2D eigenvalue weighted by Gasteiger charge is -2.21. The molecule has 0 saturated carbocycles. The number of aromatic amines is 1. The lowest BCUT2D eigenvalue weighted by molar-refractivity contribution is 0.102. The molecule has 0 atom stereocenters. The maximum absolute atomic E-state index is 12.6. The molecule has 4 rings (SSSR count). The first-order valence-electron chi connectivity index (χ1n) is 10.2. The van der Waals surface area contributed by atoms with Gasteiger partial charge in [-0.1, -0.05) is 12.1 Å². The van der Waals surface area contributed by atoms with E-state index < -0.39 is 10.0 Å². The number of H-pyrrole nitrogens is 1. The maximum Gasteiger partial charge on any atom is 0.255 e. The van der Waals surface area contributed by atoms with E-state index in [1.807, 2.05) is 36.4 Å². The van der Waals surface area contributed by atoms with Gasteiger partial charge in [-0.25, -0.2) is 13.4 Å². The van der Waals surface area contributed by atoms with Crippen LogP contribution in [-0.2, 0) is 10.0 Å². The van der Waals surface area contributed by atoms with E-state index >= 15 is 0 Å². The first-order valence-corrected chi connectivity index (χ1v) is 11.6. The third kappa shape index (κ3) is 4.28. The first-order chi connectivity index (χ1) is 15.3. The summed E-state index contributed by atoms with van der Waals surface area (Å²) in [5.41, 5.74) is 3.77. The number of rotatable bonds is 6. The summed E-state index contributed by atoms with van der Waals surface area (Å²) in [6.45, 7) is 3.61. The van der Waals surface area contributed by atoms with Crippen LogP contribution in [0, 0.1) is 0 Å². The highest BCUT2D eigenvalue weighted by Crippen LogP contribution is 2.23. The summed E-state index contributed by atoms with van der Waals surface area (Å²) in [6, 6.07) is 20.9. The van der Waals surface area contributed by atoms with E-state index in [4.69, 9.17) is 0 Å². The zero-order valence-electron chi connectivity index (χ0n) is 18.0. The van der Waals surface area contributed by atoms with Crippen molar-refractivity contribution in [1.29, 1.82) is 0 Å². The minimum Gasteiger partial charge on any atom is -0.338 e. The smallest absolute Gasteiger partial charge is 0.255 e. The minimum atomic E-state index is -3.59. The van der Waals surface area contributed by atoms with E-state index in [9.17, 15) is 13.2 Å². The van der Waals surface area contributed by atoms with Crippen molar-refractivity contribution in [2.75, 3.05) is 12.4 Å². The Balaban J connectivity index is 1.47. The Morgan fingerprint density at radius 3 is 2.25 bits per heavy atom. The molecular weight excluding hydrogens is 424 g/mol. The third-order valence-corrected chi connectivity index (χ3v) is 7.37. The predicted octanol–water partition coefficient (Wildman–Crippen LogP) is 4.51. The van der Waals surface area contributed by atoms with Crippen LogP contribution in [0.2, 0.25) is 0 Å². The number of carbonyl (C=O) groups excluding carboxylic acids is 1. The van der Waals surface area contributed by atoms with Crippen LogP contribution in [0.25, 0.3) is 22.4 Å². The molecule has 2 N–H and O–H groups in total. The molecule has 3 aromatic carbocycles. The van der Waals surface area contributed by atoms with Gasteiger partial charge in [-0.3, -0.25) is 4.79 Å². The highest BCUT2D eigenvalue weighted by molar-refractivity contribution is 7.89. The van der Waals surface area contributed by atoms with Crippen molar-refractivity contribution < 1.29 is 13.2 Å². The predicted molar refractivity (Wildman–Crippen MR) is 126 cm³/mol. The van der Waals surface area contributed by atoms with Crippen molar-refractivity contribution in [3.63, 3.8) is 0 Å². The highest BCUT2D eigenvalue weighted by atomic mass is 32.2. The Hall–Kier alpha value is -3.49. The molecule has 1 aromatic heterocycles. The van der Waals surface area contributed by atoms with Crippen molar-refractivity contribution >= 4 is 32.7 Å². The largest absolute Gasteiger partial charge is 0.338 e. The van der Waals surface area contributed by atoms with Crippen LogP contribution in [-0.4, -0.2) is 41.7 Å². The molecule has 0 bridgehead atoms. The second-order valence-electron chi connectivity index (χ2n) is 7.77. The van der Waals surface area contributed by atoms with Gasteiger partial charge in [0.15, 0.2) is 0 Å². The fraction of sp³-hybridized carbons (Fsp3) is 0.167. The zero-order chi connectivity index (χ0) is 22.9. The molecule has 1 amide bonds. The number of sulfonamides is 1. The molecule has 4 aromatic rings. The van der Waals surface area contributed by atoms with Crippen LogP contribution in [0.15, 0.2) is 77.7 Å². The zero-order valence-corrected chi connectivity index (χ0v) is 18.8. The number of fused-ring (bicyclic) bond motifs is 1. The van der Waals surface area contributed by atoms with Gasteiger partial charge in [0.2, 0.25) is 10.0 Å². The number of nitrogens with one attached hydrogen (secondary N) is 2. The van der Waals surface area contributed by atoms with Gasteiger partial charge >= 0.3 is 0 Å². The molecule has 0 aliphatic heterocycles. The Kier molecular flexibility index (Phi) is 5.82. The van der Waals surface area contributed by atoms with Crippen LogP contribution in [0.5, 0.6) is 0 Å². The van der Waals surface area contributed by atoms with E-state index in [1.165, 1.54) is 35.6 Å². The van der Waals surface area contributed by atoms with E-state index in [-0.39, 0.29) is 16.8 Å². The summed E-state index contributed by atoms with van der Waals surface area (Å²) in [5, 5.41) is 2.83. The highest BCUT2D eigenvalue weighted by Gasteiger charge is 2.23. The summed E-state index contributed by atoms with van der Waals surface area (Å²) in [5.74, 6) is 0.440. The molecule has 0 radical (unpaired) electrons. The van der Waals surface area contributed by atoms with Gasteiger partial charge in [-0.2, -0.15) is 4.31 Å². The van der Waals surface area contributed by atoms with Crippen LogP contribution in [0.4, 0.5) is 5.69 Å². The Morgan fingerprint density at radius 1 is 0.969 bits per heavy atom. The van der Waals surface area contributed by atoms with E-state index in [0.717, 1.165) is 22.4 Å². The van der Waals surface area contributed by atoms with Crippen LogP contribution < -0.4 is 5.32 Å². The summed E-state index contributed by atoms with van der Waals surface area (Å²) in [6.07, 6.45) is 0. The number of para-hydroxylation sites is 2. The molecule has 0 aliphatic rings. The summed E-state index contributed by atoms with van der Waals surface area (Å²) in [4.78, 5) is 20.6. The van der Waals surface area contributed by atoms with Crippen molar-refractivity contribution in [2.24, 2.45) is 0 Å². The lowest BCUT2D eigenvalue weighted by atomic mass is 10.1. The molecule has 164 valence electrons. The number of carbonyl (C=O) groups is 1. The van der Waals surface area contributed by atoms with Gasteiger partial charge in [0.1, 0.15) is 5.82 Å². The van der Waals surface area contributed by atoms with Gasteiger partial charge < -0.3 is 10.3 Å². The van der Waals surface area contributed by atoms with Crippen molar-refractivity contribution in [1.82, 2.24) is 14.3 Å². The number of hydrogen-bond acceptors (Lipinski definition) is 4. The van der Waals surface area contributed by atoms with Crippen molar-refractivity contribution in [3.05, 3.63) is 78.4 Å². The Bertz CT molecular complexity index is 1330. The molecule has 1 heterocycles. The second-order valence-corrected chi connectivity index (χ2v) is 9.77. The van der Waals surface area contributed by atoms with E-state index in [2.05, 4.69) is 15.3 Å². The van der Waals surface area contributed by atoms with Crippen LogP contribution >= 0.6 is 0 Å². The maximum atomic E-state index is 12.6. The number of hydrogen-bond donors (Lipinski definition) is 2. The third-order valence-electron chi connectivity index (χ3n) is 5.33. The number of benzene rings is 3. The number of amides is 1. The number of aromatic nitrogens is 2. The summed E-state index contributed by atoms with van der Waals surface area (Å²) < 4.78 is 26.4. The van der Waals surface area contributed by atoms with Gasteiger partial charge in [0, 0.05) is 29.9 Å². The average Bonchev–Trinajstić information content (AvgIpc) is 3.23. The van der Waals surface area contributed by atoms with E-state index in [0.29, 0.717) is 11.3 Å². The summed E-state index contributed by atoms with van der Waals surface area (Å²) in [7, 11) is -2.05. The SMILES string of the molecule is CC(C)N(C)S(=O)(=O)c1ccc(C(=O)Nc2ccc(-c3nc4ccccc4[nH]3)cc2)cc1. The first kappa shape index (κ1) is 21.7. The topological polar surface area (TPSA) is 95.2 Å². The standard InChI is InChI=1S/C24H24N4O3S/c1-16(2)28(3)32(30,31)20-14-10-18(11-15-20)24(29)25-19-12-8-17(9-13-19)23-26-21-6-4-5-7-22(21)27-23/h4-16H,1-3H3,(H,25,29)(H,26,27). The van der Waals surface area contributed by atoms with Crippen LogP contribution in [0.3, 0.4) is 0 Å². The Labute approximate surface area is 187 Å². The molecular formula is C24H24N4O3S. The quantitative estimate of drug-likeness (QED) is 0.454. The molecule has 32 heavy (non-hydrogen) atoms. The molecule has 8 heteroatoms. The summed E-state index contributed by atoms with van der Waals surface area (Å²) >= 11 is 0. The average molecular weight is 449 g/mol. The second kappa shape index (κ2) is 8.57. The molecule has 7 nitrogen and oxygen atoms in total. The molecule has 0 fully saturated rings. The number of imidazole rings is 1. The molecule has 0 saturated heterocycles. The number of nitrogens with zero attached hydrogens (tertiary/aromatic N) is 2. The molecule has 0 spiro atoms. The monoisotopic (exact) mass is 448 g/mol. The van der Waals surface area contributed by atoms with Gasteiger partial charge in [0.05, 0.1) is 15.9 Å². The lowest BCUT2D eigenvalue weighted by Crippen LogP contribution is -2.33. The normalized spacial score (nSPS) is 11.9. The Morgan fingerprint density at radius 2 is 1.62 bits per heavy atom. The minimum absolute atomic E-state index is 0.153. The fourth-order valence-electron chi connectivity index (χ4n) is 3.23. The molecule has 0 aliphatic carbocycles. The van der Waals surface area contributed by atoms with Crippen LogP contribution in [0.1, 0.15) is 24.2 Å². The van der Waals surface area contributed by atoms with Crippen molar-refractivity contribution in [3.8, 4) is 11.4 Å². The fourth-order valence-corrected chi connectivity index (χ4v) is 4.59. The van der Waals surface area contributed by atoms with E-state index in [1.54, 1.807) is 26.0 Å². The van der Waals surface area contributed by atoms with Gasteiger partial charge in [-0.15, -0.1) is 0 Å². The van der Waals surface area contributed by atoms with Gasteiger partial charge in [0.25, 0.3) is 5.91 Å². The van der Waals surface area contributed by atoms with Crippen molar-refractivity contribution in [2.45, 2.75) is 24.8 Å².